The summed E-state index contributed by atoms with van der Waals surface area (Å²) in [7, 11) is 1.62. The molecule has 0 atom stereocenters. The minimum atomic E-state index is -0.353. The molecule has 29 heavy (non-hydrogen) atoms. The number of aromatic nitrogens is 3. The minimum Gasteiger partial charge on any atom is -0.497 e. The fraction of sp³-hybridized carbons (Fsp3) is 0.136. The molecule has 0 radical (unpaired) electrons. The van der Waals surface area contributed by atoms with Crippen LogP contribution in [0.2, 0.25) is 0 Å². The van der Waals surface area contributed by atoms with Crippen LogP contribution in [0.1, 0.15) is 16.1 Å². The zero-order valence-electron chi connectivity index (χ0n) is 16.0. The lowest BCUT2D eigenvalue weighted by Gasteiger charge is -2.04. The number of amides is 1. The Bertz CT molecular complexity index is 1310. The number of nitrogens with zero attached hydrogens (tertiary/aromatic N) is 4. The Morgan fingerprint density at radius 2 is 2.07 bits per heavy atom. The van der Waals surface area contributed by atoms with E-state index in [0.717, 1.165) is 27.3 Å². The molecule has 144 valence electrons. The highest BCUT2D eigenvalue weighted by atomic mass is 32.1. The number of hydrogen-bond acceptors (Lipinski definition) is 4. The first-order chi connectivity index (χ1) is 14.1. The van der Waals surface area contributed by atoms with Crippen LogP contribution in [-0.2, 0) is 6.54 Å². The molecule has 0 aliphatic rings. The highest BCUT2D eigenvalue weighted by molar-refractivity contribution is 7.16. The normalized spacial score (nSPS) is 11.6. The van der Waals surface area contributed by atoms with Crippen molar-refractivity contribution in [2.75, 3.05) is 7.11 Å². The van der Waals surface area contributed by atoms with Gasteiger partial charge in [0, 0.05) is 0 Å². The summed E-state index contributed by atoms with van der Waals surface area (Å²) in [5, 5.41) is 4.36. The average molecular weight is 402 g/mol. The van der Waals surface area contributed by atoms with Crippen molar-refractivity contribution >= 4 is 27.5 Å². The molecule has 7 heteroatoms. The third-order valence-corrected chi connectivity index (χ3v) is 5.62. The smallest absolute Gasteiger partial charge is 0.283 e. The van der Waals surface area contributed by atoms with Gasteiger partial charge in [-0.15, -0.1) is 6.42 Å². The Balaban J connectivity index is 1.79. The van der Waals surface area contributed by atoms with E-state index in [1.54, 1.807) is 18.0 Å². The number of methoxy groups -OCH3 is 1. The van der Waals surface area contributed by atoms with Gasteiger partial charge in [-0.3, -0.25) is 4.79 Å². The van der Waals surface area contributed by atoms with Crippen LogP contribution in [0.3, 0.4) is 0 Å². The van der Waals surface area contributed by atoms with Gasteiger partial charge >= 0.3 is 0 Å². The van der Waals surface area contributed by atoms with Crippen molar-refractivity contribution in [1.29, 1.82) is 0 Å². The summed E-state index contributed by atoms with van der Waals surface area (Å²) in [5.41, 5.74) is 2.99. The topological polar surface area (TPSA) is 61.4 Å². The van der Waals surface area contributed by atoms with E-state index < -0.39 is 0 Å². The summed E-state index contributed by atoms with van der Waals surface area (Å²) in [6, 6.07) is 15.4. The van der Waals surface area contributed by atoms with Crippen molar-refractivity contribution in [2.24, 2.45) is 4.99 Å². The lowest BCUT2D eigenvalue weighted by Crippen LogP contribution is -2.16. The van der Waals surface area contributed by atoms with Gasteiger partial charge in [0.1, 0.15) is 5.75 Å². The van der Waals surface area contributed by atoms with E-state index in [-0.39, 0.29) is 5.91 Å². The fourth-order valence-electron chi connectivity index (χ4n) is 3.11. The van der Waals surface area contributed by atoms with Gasteiger partial charge in [0.15, 0.2) is 4.80 Å². The van der Waals surface area contributed by atoms with Crippen LogP contribution in [0.25, 0.3) is 15.9 Å². The quantitative estimate of drug-likeness (QED) is 0.490. The average Bonchev–Trinajstić information content (AvgIpc) is 3.29. The first-order valence-corrected chi connectivity index (χ1v) is 9.74. The summed E-state index contributed by atoms with van der Waals surface area (Å²) >= 11 is 1.40. The SMILES string of the molecule is C#CCn1c(=NC(=O)c2cnn(-c3ccccc3)c2C)sc2cc(OC)ccc21. The number of carbonyl (C=O) groups is 1. The van der Waals surface area contributed by atoms with Crippen molar-refractivity contribution in [2.45, 2.75) is 13.5 Å². The monoisotopic (exact) mass is 402 g/mol. The van der Waals surface area contributed by atoms with E-state index in [1.165, 1.54) is 11.3 Å². The lowest BCUT2D eigenvalue weighted by molar-refractivity contribution is 0.0997. The van der Waals surface area contributed by atoms with Crippen LogP contribution in [0.4, 0.5) is 0 Å². The maximum Gasteiger partial charge on any atom is 0.283 e. The molecule has 0 unspecified atom stereocenters. The van der Waals surface area contributed by atoms with Gasteiger partial charge in [-0.2, -0.15) is 10.1 Å². The largest absolute Gasteiger partial charge is 0.497 e. The summed E-state index contributed by atoms with van der Waals surface area (Å²) in [4.78, 5) is 17.8. The molecule has 2 aromatic carbocycles. The second-order valence-corrected chi connectivity index (χ2v) is 7.33. The number of fused-ring (bicyclic) bond motifs is 1. The molecule has 0 aliphatic carbocycles. The van der Waals surface area contributed by atoms with Gasteiger partial charge in [-0.1, -0.05) is 35.5 Å². The maximum atomic E-state index is 12.9. The molecule has 0 spiro atoms. The predicted molar refractivity (Wildman–Crippen MR) is 113 cm³/mol. The molecule has 2 heterocycles. The molecule has 0 saturated carbocycles. The molecule has 0 aliphatic heterocycles. The summed E-state index contributed by atoms with van der Waals surface area (Å²) in [5.74, 6) is 3.02. The number of para-hydroxylation sites is 1. The van der Waals surface area contributed by atoms with Crippen LogP contribution < -0.4 is 9.54 Å². The van der Waals surface area contributed by atoms with E-state index in [0.29, 0.717) is 16.9 Å². The highest BCUT2D eigenvalue weighted by Crippen LogP contribution is 2.23. The zero-order valence-corrected chi connectivity index (χ0v) is 16.8. The number of ether oxygens (including phenoxy) is 1. The Morgan fingerprint density at radius 3 is 2.79 bits per heavy atom. The van der Waals surface area contributed by atoms with Crippen LogP contribution in [0.15, 0.2) is 59.7 Å². The van der Waals surface area contributed by atoms with Gasteiger partial charge in [0.2, 0.25) is 0 Å². The Morgan fingerprint density at radius 1 is 1.28 bits per heavy atom. The molecule has 0 fully saturated rings. The van der Waals surface area contributed by atoms with Gasteiger partial charge in [0.05, 0.1) is 47.0 Å². The lowest BCUT2D eigenvalue weighted by atomic mass is 10.2. The van der Waals surface area contributed by atoms with Crippen LogP contribution >= 0.6 is 11.3 Å². The summed E-state index contributed by atoms with van der Waals surface area (Å²) in [6.07, 6.45) is 7.09. The number of terminal acetylenes is 1. The summed E-state index contributed by atoms with van der Waals surface area (Å²) in [6.45, 7) is 2.18. The number of rotatable bonds is 4. The van der Waals surface area contributed by atoms with Gasteiger partial charge < -0.3 is 9.30 Å². The van der Waals surface area contributed by atoms with E-state index in [4.69, 9.17) is 11.2 Å². The standard InChI is InChI=1S/C22H18N4O2S/c1-4-12-25-19-11-10-17(28-3)13-20(19)29-22(25)24-21(27)18-14-23-26(15(18)2)16-8-6-5-7-9-16/h1,5-11,13-14H,12H2,2-3H3. The Hall–Kier alpha value is -3.63. The number of hydrogen-bond donors (Lipinski definition) is 0. The van der Waals surface area contributed by atoms with Crippen molar-refractivity contribution in [1.82, 2.24) is 14.3 Å². The second-order valence-electron chi connectivity index (χ2n) is 6.32. The van der Waals surface area contributed by atoms with Crippen molar-refractivity contribution in [3.8, 4) is 23.8 Å². The van der Waals surface area contributed by atoms with Crippen molar-refractivity contribution in [3.05, 3.63) is 70.8 Å². The molecule has 4 aromatic rings. The number of carbonyl (C=O) groups excluding carboxylic acids is 1. The third-order valence-electron chi connectivity index (χ3n) is 4.58. The van der Waals surface area contributed by atoms with E-state index in [9.17, 15) is 4.79 Å². The minimum absolute atomic E-state index is 0.320. The molecule has 6 nitrogen and oxygen atoms in total. The molecule has 1 amide bonds. The molecular formula is C22H18N4O2S. The van der Waals surface area contributed by atoms with Crippen LogP contribution in [-0.4, -0.2) is 27.4 Å². The molecule has 2 aromatic heterocycles. The Kier molecular flexibility index (Phi) is 5.02. The van der Waals surface area contributed by atoms with Crippen molar-refractivity contribution in [3.63, 3.8) is 0 Å². The molecule has 0 bridgehead atoms. The molecule has 4 rings (SSSR count). The van der Waals surface area contributed by atoms with E-state index >= 15 is 0 Å². The van der Waals surface area contributed by atoms with Crippen LogP contribution in [0.5, 0.6) is 5.75 Å². The van der Waals surface area contributed by atoms with E-state index in [2.05, 4.69) is 16.0 Å². The zero-order chi connectivity index (χ0) is 20.4. The number of benzene rings is 2. The van der Waals surface area contributed by atoms with Gasteiger partial charge in [-0.25, -0.2) is 4.68 Å². The highest BCUT2D eigenvalue weighted by Gasteiger charge is 2.16. The molecule has 0 N–H and O–H groups in total. The third kappa shape index (κ3) is 3.46. The Labute approximate surface area is 171 Å². The fourth-order valence-corrected chi connectivity index (χ4v) is 4.16. The first-order valence-electron chi connectivity index (χ1n) is 8.92. The molecule has 0 saturated heterocycles. The second kappa shape index (κ2) is 7.78. The maximum absolute atomic E-state index is 12.9. The number of thiazole rings is 1. The van der Waals surface area contributed by atoms with Crippen LogP contribution in [0, 0.1) is 19.3 Å². The summed E-state index contributed by atoms with van der Waals surface area (Å²) < 4.78 is 9.82. The predicted octanol–water partition coefficient (Wildman–Crippen LogP) is 3.58. The van der Waals surface area contributed by atoms with Gasteiger partial charge in [0.25, 0.3) is 5.91 Å². The first kappa shape index (κ1) is 18.7. The molecular weight excluding hydrogens is 384 g/mol. The van der Waals surface area contributed by atoms with Crippen molar-refractivity contribution < 1.29 is 9.53 Å². The van der Waals surface area contributed by atoms with Gasteiger partial charge in [-0.05, 0) is 37.3 Å². The van der Waals surface area contributed by atoms with E-state index in [1.807, 2.05) is 60.0 Å².